The second kappa shape index (κ2) is 5.58. The zero-order valence-corrected chi connectivity index (χ0v) is 13.5. The van der Waals surface area contributed by atoms with Crippen molar-refractivity contribution in [2.24, 2.45) is 0 Å². The van der Waals surface area contributed by atoms with Crippen LogP contribution in [0.15, 0.2) is 60.7 Å². The lowest BCUT2D eigenvalue weighted by atomic mass is 10.2. The molecule has 2 aliphatic rings. The third kappa shape index (κ3) is 2.92. The third-order valence-corrected chi connectivity index (χ3v) is 11.0. The minimum absolute atomic E-state index is 0.862. The molecule has 2 fully saturated rings. The highest BCUT2D eigenvalue weighted by Crippen LogP contribution is 2.81. The molecule has 1 heteroatoms. The van der Waals surface area contributed by atoms with Gasteiger partial charge in [-0.2, -0.15) is 0 Å². The molecule has 0 aromatic heterocycles. The van der Waals surface area contributed by atoms with Crippen molar-refractivity contribution in [3.8, 4) is 0 Å². The highest BCUT2D eigenvalue weighted by molar-refractivity contribution is 7.76. The summed E-state index contributed by atoms with van der Waals surface area (Å²) >= 11 is 0. The maximum Gasteiger partial charge on any atom is 0.0851 e. The van der Waals surface area contributed by atoms with Crippen LogP contribution in [0.1, 0.15) is 36.8 Å². The summed E-state index contributed by atoms with van der Waals surface area (Å²) in [6.07, 6.45) is 8.79. The first-order valence-corrected chi connectivity index (χ1v) is 10.6. The highest BCUT2D eigenvalue weighted by atomic mass is 31.2. The van der Waals surface area contributed by atoms with E-state index in [4.69, 9.17) is 0 Å². The van der Waals surface area contributed by atoms with Crippen molar-refractivity contribution in [3.63, 3.8) is 0 Å². The Kier molecular flexibility index (Phi) is 3.59. The second-order valence-electron chi connectivity index (χ2n) is 6.85. The lowest BCUT2D eigenvalue weighted by Crippen LogP contribution is -2.11. The van der Waals surface area contributed by atoms with Crippen molar-refractivity contribution in [2.45, 2.75) is 49.3 Å². The smallest absolute Gasteiger partial charge is 0.0622 e. The SMILES string of the molecule is c1ccc(C[P+](Cc2ccccc2)(C2CC2)C2CC2)cc1. The molecule has 4 rings (SSSR count). The fraction of sp³-hybridized carbons (Fsp3) is 0.400. The van der Waals surface area contributed by atoms with Gasteiger partial charge in [0, 0.05) is 7.26 Å². The van der Waals surface area contributed by atoms with Gasteiger partial charge < -0.3 is 0 Å². The van der Waals surface area contributed by atoms with Gasteiger partial charge in [-0.25, -0.2) is 0 Å². The fourth-order valence-electron chi connectivity index (χ4n) is 3.89. The molecule has 0 radical (unpaired) electrons. The van der Waals surface area contributed by atoms with Crippen LogP contribution in [-0.4, -0.2) is 11.3 Å². The molecule has 0 amide bonds. The van der Waals surface area contributed by atoms with Crippen molar-refractivity contribution >= 4 is 7.26 Å². The minimum atomic E-state index is -0.862. The molecular formula is C20H24P+. The van der Waals surface area contributed by atoms with Crippen LogP contribution in [0, 0.1) is 0 Å². The van der Waals surface area contributed by atoms with E-state index in [1.165, 1.54) is 38.0 Å². The van der Waals surface area contributed by atoms with Crippen LogP contribution in [0.4, 0.5) is 0 Å². The summed E-state index contributed by atoms with van der Waals surface area (Å²) in [5.74, 6) is 0. The predicted molar refractivity (Wildman–Crippen MR) is 93.3 cm³/mol. The molecule has 2 aromatic rings. The van der Waals surface area contributed by atoms with E-state index in [0.717, 1.165) is 11.3 Å². The largest absolute Gasteiger partial charge is 0.0851 e. The highest BCUT2D eigenvalue weighted by Gasteiger charge is 2.60. The second-order valence-corrected chi connectivity index (χ2v) is 11.2. The average molecular weight is 295 g/mol. The molecule has 108 valence electrons. The summed E-state index contributed by atoms with van der Waals surface area (Å²) in [7, 11) is -0.862. The molecule has 0 bridgehead atoms. The van der Waals surface area contributed by atoms with E-state index in [1.807, 2.05) is 0 Å². The molecule has 2 saturated carbocycles. The van der Waals surface area contributed by atoms with Crippen molar-refractivity contribution in [3.05, 3.63) is 71.8 Å². The molecular weight excluding hydrogens is 271 g/mol. The van der Waals surface area contributed by atoms with Gasteiger partial charge in [-0.15, -0.1) is 0 Å². The van der Waals surface area contributed by atoms with Gasteiger partial charge in [0.15, 0.2) is 0 Å². The van der Waals surface area contributed by atoms with Gasteiger partial charge in [0.2, 0.25) is 0 Å². The zero-order valence-electron chi connectivity index (χ0n) is 12.6. The monoisotopic (exact) mass is 295 g/mol. The van der Waals surface area contributed by atoms with Crippen LogP contribution in [0.2, 0.25) is 0 Å². The van der Waals surface area contributed by atoms with Gasteiger partial charge in [0.1, 0.15) is 0 Å². The van der Waals surface area contributed by atoms with Crippen molar-refractivity contribution < 1.29 is 0 Å². The molecule has 2 aromatic carbocycles. The summed E-state index contributed by atoms with van der Waals surface area (Å²) < 4.78 is 0. The van der Waals surface area contributed by atoms with Gasteiger partial charge in [0.25, 0.3) is 0 Å². The summed E-state index contributed by atoms with van der Waals surface area (Å²) in [5, 5.41) is 0. The Balaban J connectivity index is 1.65. The normalized spacial score (nSPS) is 18.7. The van der Waals surface area contributed by atoms with Gasteiger partial charge >= 0.3 is 0 Å². The molecule has 21 heavy (non-hydrogen) atoms. The summed E-state index contributed by atoms with van der Waals surface area (Å²) in [4.78, 5) is 0. The molecule has 0 heterocycles. The quantitative estimate of drug-likeness (QED) is 0.597. The number of hydrogen-bond donors (Lipinski definition) is 0. The fourth-order valence-corrected chi connectivity index (χ4v) is 9.77. The molecule has 0 N–H and O–H groups in total. The van der Waals surface area contributed by atoms with Crippen LogP contribution in [0.3, 0.4) is 0 Å². The summed E-state index contributed by atoms with van der Waals surface area (Å²) in [6.45, 7) is 0. The maximum atomic E-state index is 2.35. The minimum Gasteiger partial charge on any atom is -0.0622 e. The van der Waals surface area contributed by atoms with E-state index >= 15 is 0 Å². The van der Waals surface area contributed by atoms with Crippen molar-refractivity contribution in [1.29, 1.82) is 0 Å². The topological polar surface area (TPSA) is 0 Å². The van der Waals surface area contributed by atoms with Crippen molar-refractivity contribution in [1.82, 2.24) is 0 Å². The molecule has 0 nitrogen and oxygen atoms in total. The number of benzene rings is 2. The number of rotatable bonds is 6. The molecule has 0 saturated heterocycles. The van der Waals surface area contributed by atoms with Crippen LogP contribution in [-0.2, 0) is 12.3 Å². The molecule has 0 unspecified atom stereocenters. The molecule has 0 spiro atoms. The predicted octanol–water partition coefficient (Wildman–Crippen LogP) is 5.73. The van der Waals surface area contributed by atoms with Crippen LogP contribution in [0.25, 0.3) is 0 Å². The summed E-state index contributed by atoms with van der Waals surface area (Å²) in [6, 6.07) is 22.6. The van der Waals surface area contributed by atoms with E-state index < -0.39 is 7.26 Å². The Morgan fingerprint density at radius 1 is 0.619 bits per heavy atom. The lowest BCUT2D eigenvalue weighted by molar-refractivity contribution is 1.17. The van der Waals surface area contributed by atoms with Gasteiger partial charge in [-0.05, 0) is 36.8 Å². The molecule has 0 aliphatic heterocycles. The number of hydrogen-bond acceptors (Lipinski definition) is 0. The van der Waals surface area contributed by atoms with E-state index in [0.29, 0.717) is 0 Å². The van der Waals surface area contributed by atoms with E-state index in [2.05, 4.69) is 60.7 Å². The van der Waals surface area contributed by atoms with E-state index in [-0.39, 0.29) is 0 Å². The van der Waals surface area contributed by atoms with Crippen molar-refractivity contribution in [2.75, 3.05) is 0 Å². The third-order valence-electron chi connectivity index (χ3n) is 5.19. The van der Waals surface area contributed by atoms with Gasteiger partial charge in [-0.1, -0.05) is 60.7 Å². The van der Waals surface area contributed by atoms with E-state index in [1.54, 1.807) is 11.1 Å². The first-order chi connectivity index (χ1) is 10.4. The zero-order chi connectivity index (χ0) is 14.1. The maximum absolute atomic E-state index is 2.35. The van der Waals surface area contributed by atoms with Gasteiger partial charge in [0.05, 0.1) is 23.6 Å². The Morgan fingerprint density at radius 3 is 1.33 bits per heavy atom. The Morgan fingerprint density at radius 2 is 1.00 bits per heavy atom. The Bertz CT molecular complexity index is 526. The van der Waals surface area contributed by atoms with Gasteiger partial charge in [-0.3, -0.25) is 0 Å². The average Bonchev–Trinajstić information content (AvgIpc) is 3.42. The van der Waals surface area contributed by atoms with E-state index in [9.17, 15) is 0 Å². The molecule has 2 aliphatic carbocycles. The standard InChI is InChI=1S/C20H24P/c1-3-7-17(8-4-1)15-21(19-11-12-19,20-13-14-20)16-18-9-5-2-6-10-18/h1-10,19-20H,11-16H2/q+1. The van der Waals surface area contributed by atoms with Crippen LogP contribution < -0.4 is 0 Å². The Labute approximate surface area is 128 Å². The summed E-state index contributed by atoms with van der Waals surface area (Å²) in [5.41, 5.74) is 5.32. The van der Waals surface area contributed by atoms with Crippen LogP contribution in [0.5, 0.6) is 0 Å². The van der Waals surface area contributed by atoms with Crippen LogP contribution >= 0.6 is 7.26 Å². The Hall–Kier alpha value is -1.13. The first kappa shape index (κ1) is 13.5. The molecule has 0 atom stereocenters. The first-order valence-electron chi connectivity index (χ1n) is 8.31. The lowest BCUT2D eigenvalue weighted by Gasteiger charge is -2.28.